The van der Waals surface area contributed by atoms with Crippen LogP contribution in [0, 0.1) is 6.92 Å². The zero-order valence-electron chi connectivity index (χ0n) is 10.3. The van der Waals surface area contributed by atoms with Crippen molar-refractivity contribution in [2.24, 2.45) is 0 Å². The highest BCUT2D eigenvalue weighted by Crippen LogP contribution is 2.07. The van der Waals surface area contributed by atoms with Gasteiger partial charge < -0.3 is 14.8 Å². The van der Waals surface area contributed by atoms with Gasteiger partial charge in [0.25, 0.3) is 5.91 Å². The summed E-state index contributed by atoms with van der Waals surface area (Å²) in [6.45, 7) is 2.10. The molecule has 0 unspecified atom stereocenters. The Hall–Kier alpha value is -2.56. The molecule has 0 radical (unpaired) electrons. The van der Waals surface area contributed by atoms with Gasteiger partial charge in [0.15, 0.2) is 0 Å². The molecule has 0 atom stereocenters. The van der Waals surface area contributed by atoms with E-state index in [-0.39, 0.29) is 11.5 Å². The van der Waals surface area contributed by atoms with Crippen molar-refractivity contribution in [1.29, 1.82) is 0 Å². The van der Waals surface area contributed by atoms with E-state index in [1.54, 1.807) is 25.1 Å². The van der Waals surface area contributed by atoms with Gasteiger partial charge in [0, 0.05) is 6.54 Å². The number of carbonyl (C=O) groups is 2. The molecule has 0 bridgehead atoms. The Balaban J connectivity index is 1.95. The van der Waals surface area contributed by atoms with Gasteiger partial charge in [0.05, 0.1) is 11.1 Å². The molecule has 5 heteroatoms. The quantitative estimate of drug-likeness (QED) is 0.882. The van der Waals surface area contributed by atoms with Gasteiger partial charge in [-0.1, -0.05) is 12.1 Å². The van der Waals surface area contributed by atoms with Crippen molar-refractivity contribution in [3.63, 3.8) is 0 Å². The van der Waals surface area contributed by atoms with Crippen LogP contribution in [-0.2, 0) is 6.54 Å². The predicted molar refractivity (Wildman–Crippen MR) is 68.0 cm³/mol. The van der Waals surface area contributed by atoms with E-state index in [4.69, 9.17) is 9.52 Å². The van der Waals surface area contributed by atoms with Crippen LogP contribution in [0.4, 0.5) is 0 Å². The number of benzene rings is 1. The largest absolute Gasteiger partial charge is 0.478 e. The monoisotopic (exact) mass is 259 g/mol. The Kier molecular flexibility index (Phi) is 3.66. The first kappa shape index (κ1) is 12.9. The number of aromatic carboxylic acids is 1. The lowest BCUT2D eigenvalue weighted by Crippen LogP contribution is -2.22. The maximum absolute atomic E-state index is 11.7. The number of hydrogen-bond donors (Lipinski definition) is 2. The van der Waals surface area contributed by atoms with Crippen molar-refractivity contribution >= 4 is 11.9 Å². The van der Waals surface area contributed by atoms with Crippen LogP contribution in [0.15, 0.2) is 41.0 Å². The first-order chi connectivity index (χ1) is 9.06. The van der Waals surface area contributed by atoms with Gasteiger partial charge in [-0.05, 0) is 30.7 Å². The second kappa shape index (κ2) is 5.39. The van der Waals surface area contributed by atoms with Gasteiger partial charge in [-0.25, -0.2) is 4.79 Å². The van der Waals surface area contributed by atoms with E-state index in [2.05, 4.69) is 5.32 Å². The Bertz CT molecular complexity index is 598. The highest BCUT2D eigenvalue weighted by molar-refractivity contribution is 5.93. The number of amides is 1. The standard InChI is InChI=1S/C14H13NO4/c1-9-6-12(8-19-9)13(16)15-7-10-2-4-11(5-3-10)14(17)18/h2-6,8H,7H2,1H3,(H,15,16)(H,17,18). The SMILES string of the molecule is Cc1cc(C(=O)NCc2ccc(C(=O)O)cc2)co1. The number of carboxylic acids is 1. The number of nitrogens with one attached hydrogen (secondary N) is 1. The number of aryl methyl sites for hydroxylation is 1. The minimum absolute atomic E-state index is 0.223. The molecule has 0 aliphatic rings. The minimum atomic E-state index is -0.968. The first-order valence-electron chi connectivity index (χ1n) is 5.72. The average molecular weight is 259 g/mol. The van der Waals surface area contributed by atoms with Crippen molar-refractivity contribution < 1.29 is 19.1 Å². The molecular weight excluding hydrogens is 246 g/mol. The molecule has 0 aliphatic carbocycles. The smallest absolute Gasteiger partial charge is 0.335 e. The van der Waals surface area contributed by atoms with Gasteiger partial charge in [-0.3, -0.25) is 4.79 Å². The predicted octanol–water partition coefficient (Wildman–Crippen LogP) is 2.22. The van der Waals surface area contributed by atoms with Crippen molar-refractivity contribution in [2.75, 3.05) is 0 Å². The molecular formula is C14H13NO4. The fourth-order valence-electron chi connectivity index (χ4n) is 1.61. The highest BCUT2D eigenvalue weighted by Gasteiger charge is 2.08. The lowest BCUT2D eigenvalue weighted by atomic mass is 10.1. The van der Waals surface area contributed by atoms with E-state index in [1.165, 1.54) is 18.4 Å². The zero-order valence-corrected chi connectivity index (χ0v) is 10.3. The van der Waals surface area contributed by atoms with Crippen LogP contribution >= 0.6 is 0 Å². The molecule has 0 aliphatic heterocycles. The Morgan fingerprint density at radius 1 is 1.21 bits per heavy atom. The van der Waals surface area contributed by atoms with Crippen molar-refractivity contribution in [3.8, 4) is 0 Å². The Morgan fingerprint density at radius 2 is 1.89 bits per heavy atom. The zero-order chi connectivity index (χ0) is 13.8. The topological polar surface area (TPSA) is 79.5 Å². The van der Waals surface area contributed by atoms with Crippen LogP contribution in [0.3, 0.4) is 0 Å². The number of furan rings is 1. The van der Waals surface area contributed by atoms with Crippen LogP contribution in [0.2, 0.25) is 0 Å². The van der Waals surface area contributed by atoms with E-state index < -0.39 is 5.97 Å². The third-order valence-electron chi connectivity index (χ3n) is 2.65. The lowest BCUT2D eigenvalue weighted by molar-refractivity contribution is 0.0696. The summed E-state index contributed by atoms with van der Waals surface area (Å²) in [5.74, 6) is -0.514. The van der Waals surface area contributed by atoms with E-state index in [0.717, 1.165) is 5.56 Å². The lowest BCUT2D eigenvalue weighted by Gasteiger charge is -2.04. The van der Waals surface area contributed by atoms with Crippen LogP contribution in [0.25, 0.3) is 0 Å². The Morgan fingerprint density at radius 3 is 2.42 bits per heavy atom. The van der Waals surface area contributed by atoms with Crippen molar-refractivity contribution in [2.45, 2.75) is 13.5 Å². The molecule has 0 saturated carbocycles. The molecule has 1 aromatic carbocycles. The van der Waals surface area contributed by atoms with E-state index in [9.17, 15) is 9.59 Å². The molecule has 2 rings (SSSR count). The first-order valence-corrected chi connectivity index (χ1v) is 5.72. The summed E-state index contributed by atoms with van der Waals surface area (Å²) in [7, 11) is 0. The summed E-state index contributed by atoms with van der Waals surface area (Å²) in [5, 5.41) is 11.5. The van der Waals surface area contributed by atoms with Crippen LogP contribution in [-0.4, -0.2) is 17.0 Å². The minimum Gasteiger partial charge on any atom is -0.478 e. The van der Waals surface area contributed by atoms with Crippen LogP contribution in [0.5, 0.6) is 0 Å². The summed E-state index contributed by atoms with van der Waals surface area (Å²) in [6.07, 6.45) is 1.40. The molecule has 5 nitrogen and oxygen atoms in total. The summed E-state index contributed by atoms with van der Waals surface area (Å²) < 4.78 is 5.05. The molecule has 98 valence electrons. The van der Waals surface area contributed by atoms with Gasteiger partial charge >= 0.3 is 5.97 Å². The summed E-state index contributed by atoms with van der Waals surface area (Å²) in [6, 6.07) is 8.01. The summed E-state index contributed by atoms with van der Waals surface area (Å²) >= 11 is 0. The number of carboxylic acid groups (broad SMARTS) is 1. The number of hydrogen-bond acceptors (Lipinski definition) is 3. The number of rotatable bonds is 4. The maximum atomic E-state index is 11.7. The second-order valence-corrected chi connectivity index (χ2v) is 4.13. The fourth-order valence-corrected chi connectivity index (χ4v) is 1.61. The maximum Gasteiger partial charge on any atom is 0.335 e. The third-order valence-corrected chi connectivity index (χ3v) is 2.65. The van der Waals surface area contributed by atoms with Gasteiger partial charge in [-0.2, -0.15) is 0 Å². The number of carbonyl (C=O) groups excluding carboxylic acids is 1. The molecule has 2 N–H and O–H groups in total. The van der Waals surface area contributed by atoms with Crippen LogP contribution in [0.1, 0.15) is 32.0 Å². The molecule has 0 fully saturated rings. The second-order valence-electron chi connectivity index (χ2n) is 4.13. The molecule has 2 aromatic rings. The third kappa shape index (κ3) is 3.22. The molecule has 1 aromatic heterocycles. The molecule has 1 heterocycles. The van der Waals surface area contributed by atoms with E-state index >= 15 is 0 Å². The summed E-state index contributed by atoms with van der Waals surface area (Å²) in [4.78, 5) is 22.4. The van der Waals surface area contributed by atoms with Gasteiger partial charge in [-0.15, -0.1) is 0 Å². The van der Waals surface area contributed by atoms with Crippen molar-refractivity contribution in [3.05, 3.63) is 59.0 Å². The van der Waals surface area contributed by atoms with E-state index in [0.29, 0.717) is 17.9 Å². The molecule has 1 amide bonds. The normalized spacial score (nSPS) is 10.2. The van der Waals surface area contributed by atoms with E-state index in [1.807, 2.05) is 0 Å². The van der Waals surface area contributed by atoms with Crippen molar-refractivity contribution in [1.82, 2.24) is 5.32 Å². The van der Waals surface area contributed by atoms with Gasteiger partial charge in [0.1, 0.15) is 12.0 Å². The highest BCUT2D eigenvalue weighted by atomic mass is 16.4. The Labute approximate surface area is 109 Å². The summed E-state index contributed by atoms with van der Waals surface area (Å²) in [5.41, 5.74) is 1.53. The molecule has 0 saturated heterocycles. The fraction of sp³-hybridized carbons (Fsp3) is 0.143. The average Bonchev–Trinajstić information content (AvgIpc) is 2.83. The van der Waals surface area contributed by atoms with Crippen LogP contribution < -0.4 is 5.32 Å². The molecule has 0 spiro atoms. The molecule has 19 heavy (non-hydrogen) atoms. The van der Waals surface area contributed by atoms with Gasteiger partial charge in [0.2, 0.25) is 0 Å².